The van der Waals surface area contributed by atoms with Gasteiger partial charge in [-0.05, 0) is 49.7 Å². The van der Waals surface area contributed by atoms with Gasteiger partial charge in [0.1, 0.15) is 11.5 Å². The molecule has 3 nitrogen and oxygen atoms in total. The third-order valence-corrected chi connectivity index (χ3v) is 3.71. The van der Waals surface area contributed by atoms with Gasteiger partial charge in [0.25, 0.3) is 0 Å². The molecule has 1 aromatic carbocycles. The summed E-state index contributed by atoms with van der Waals surface area (Å²) in [6, 6.07) is 10.0. The van der Waals surface area contributed by atoms with Crippen molar-refractivity contribution >= 4 is 15.9 Å². The van der Waals surface area contributed by atoms with Crippen LogP contribution in [0.2, 0.25) is 0 Å². The van der Waals surface area contributed by atoms with Gasteiger partial charge in [-0.1, -0.05) is 28.9 Å². The van der Waals surface area contributed by atoms with E-state index in [1.54, 1.807) is 6.26 Å². The Labute approximate surface area is 128 Å². The molecule has 0 saturated heterocycles. The fourth-order valence-electron chi connectivity index (χ4n) is 2.11. The van der Waals surface area contributed by atoms with Gasteiger partial charge in [0.2, 0.25) is 0 Å². The minimum atomic E-state index is 0.0509. The van der Waals surface area contributed by atoms with E-state index >= 15 is 0 Å². The maximum Gasteiger partial charge on any atom is 0.125 e. The van der Waals surface area contributed by atoms with Gasteiger partial charge in [0, 0.05) is 4.47 Å². The van der Waals surface area contributed by atoms with Gasteiger partial charge in [-0.25, -0.2) is 0 Å². The molecule has 2 rings (SSSR count). The topological polar surface area (TPSA) is 34.4 Å². The van der Waals surface area contributed by atoms with Crippen molar-refractivity contribution in [3.8, 4) is 5.75 Å². The van der Waals surface area contributed by atoms with Crippen molar-refractivity contribution in [3.63, 3.8) is 0 Å². The van der Waals surface area contributed by atoms with Crippen LogP contribution in [-0.2, 0) is 0 Å². The van der Waals surface area contributed by atoms with E-state index in [4.69, 9.17) is 9.15 Å². The summed E-state index contributed by atoms with van der Waals surface area (Å²) in [5, 5.41) is 3.52. The smallest absolute Gasteiger partial charge is 0.125 e. The first-order valence-corrected chi connectivity index (χ1v) is 7.74. The fraction of sp³-hybridized carbons (Fsp3) is 0.375. The van der Waals surface area contributed by atoms with Crippen molar-refractivity contribution in [1.29, 1.82) is 0 Å². The second-order valence-corrected chi connectivity index (χ2v) is 5.37. The molecule has 0 bridgehead atoms. The highest BCUT2D eigenvalue weighted by molar-refractivity contribution is 9.10. The Bertz CT molecular complexity index is 525. The molecule has 1 N–H and O–H groups in total. The van der Waals surface area contributed by atoms with Crippen molar-refractivity contribution in [2.45, 2.75) is 26.3 Å². The molecule has 0 radical (unpaired) electrons. The molecule has 0 aliphatic heterocycles. The van der Waals surface area contributed by atoms with Gasteiger partial charge in [0.15, 0.2) is 0 Å². The maximum absolute atomic E-state index is 5.57. The van der Waals surface area contributed by atoms with Gasteiger partial charge < -0.3 is 14.5 Å². The van der Waals surface area contributed by atoms with Crippen LogP contribution in [0.15, 0.2) is 45.5 Å². The average molecular weight is 338 g/mol. The summed E-state index contributed by atoms with van der Waals surface area (Å²) in [4.78, 5) is 0. The summed E-state index contributed by atoms with van der Waals surface area (Å²) in [7, 11) is 0. The standard InChI is InChI=1S/C16H20BrNO2/c1-3-9-18-16(15-6-5-10-20-15)13-8-7-12(19-4-2)11-14(13)17/h5-8,10-11,16,18H,3-4,9H2,1-2H3. The number of benzene rings is 1. The SMILES string of the molecule is CCCNC(c1ccco1)c1ccc(OCC)cc1Br. The number of ether oxygens (including phenoxy) is 1. The zero-order chi connectivity index (χ0) is 14.4. The number of halogens is 1. The van der Waals surface area contributed by atoms with Crippen LogP contribution >= 0.6 is 15.9 Å². The predicted molar refractivity (Wildman–Crippen MR) is 84.2 cm³/mol. The van der Waals surface area contributed by atoms with Gasteiger partial charge in [-0.15, -0.1) is 0 Å². The molecule has 1 aromatic heterocycles. The number of furan rings is 1. The van der Waals surface area contributed by atoms with Crippen molar-refractivity contribution < 1.29 is 9.15 Å². The van der Waals surface area contributed by atoms with Crippen molar-refractivity contribution in [1.82, 2.24) is 5.32 Å². The van der Waals surface area contributed by atoms with Crippen LogP contribution in [0.25, 0.3) is 0 Å². The largest absolute Gasteiger partial charge is 0.494 e. The molecule has 20 heavy (non-hydrogen) atoms. The van der Waals surface area contributed by atoms with E-state index in [9.17, 15) is 0 Å². The zero-order valence-corrected chi connectivity index (χ0v) is 13.4. The van der Waals surface area contributed by atoms with E-state index in [-0.39, 0.29) is 6.04 Å². The molecule has 0 amide bonds. The molecular weight excluding hydrogens is 318 g/mol. The Balaban J connectivity index is 2.28. The van der Waals surface area contributed by atoms with Crippen LogP contribution in [-0.4, -0.2) is 13.2 Å². The lowest BCUT2D eigenvalue weighted by Crippen LogP contribution is -2.23. The minimum absolute atomic E-state index is 0.0509. The van der Waals surface area contributed by atoms with Gasteiger partial charge in [-0.3, -0.25) is 0 Å². The zero-order valence-electron chi connectivity index (χ0n) is 11.9. The van der Waals surface area contributed by atoms with E-state index in [0.29, 0.717) is 6.61 Å². The summed E-state index contributed by atoms with van der Waals surface area (Å²) in [5.74, 6) is 1.79. The maximum atomic E-state index is 5.57. The molecule has 1 atom stereocenters. The van der Waals surface area contributed by atoms with Crippen LogP contribution in [0.1, 0.15) is 37.6 Å². The van der Waals surface area contributed by atoms with E-state index in [1.165, 1.54) is 0 Å². The Morgan fingerprint density at radius 3 is 2.75 bits per heavy atom. The lowest BCUT2D eigenvalue weighted by atomic mass is 10.0. The van der Waals surface area contributed by atoms with E-state index in [1.807, 2.05) is 31.2 Å². The average Bonchev–Trinajstić information content (AvgIpc) is 2.95. The number of hydrogen-bond acceptors (Lipinski definition) is 3. The quantitative estimate of drug-likeness (QED) is 0.805. The molecule has 0 aliphatic rings. The molecule has 4 heteroatoms. The predicted octanol–water partition coefficient (Wildman–Crippen LogP) is 4.53. The van der Waals surface area contributed by atoms with Gasteiger partial charge >= 0.3 is 0 Å². The van der Waals surface area contributed by atoms with Crippen LogP contribution in [0.5, 0.6) is 5.75 Å². The van der Waals surface area contributed by atoms with Gasteiger partial charge in [-0.2, -0.15) is 0 Å². The van der Waals surface area contributed by atoms with E-state index in [2.05, 4.69) is 34.2 Å². The summed E-state index contributed by atoms with van der Waals surface area (Å²) in [5.41, 5.74) is 1.15. The van der Waals surface area contributed by atoms with Crippen LogP contribution in [0, 0.1) is 0 Å². The first-order chi connectivity index (χ1) is 9.76. The molecule has 108 valence electrons. The van der Waals surface area contributed by atoms with E-state index < -0.39 is 0 Å². The highest BCUT2D eigenvalue weighted by atomic mass is 79.9. The number of hydrogen-bond donors (Lipinski definition) is 1. The monoisotopic (exact) mass is 337 g/mol. The first kappa shape index (κ1) is 15.1. The Morgan fingerprint density at radius 1 is 1.30 bits per heavy atom. The second-order valence-electron chi connectivity index (χ2n) is 4.52. The Kier molecular flexibility index (Phi) is 5.68. The summed E-state index contributed by atoms with van der Waals surface area (Å²) in [6.45, 7) is 5.74. The normalized spacial score (nSPS) is 12.3. The fourth-order valence-corrected chi connectivity index (χ4v) is 2.69. The molecule has 2 aromatic rings. The van der Waals surface area contributed by atoms with E-state index in [0.717, 1.165) is 34.5 Å². The highest BCUT2D eigenvalue weighted by Gasteiger charge is 2.19. The molecule has 0 fully saturated rings. The molecular formula is C16H20BrNO2. The Morgan fingerprint density at radius 2 is 2.15 bits per heavy atom. The number of nitrogens with one attached hydrogen (secondary N) is 1. The van der Waals surface area contributed by atoms with Crippen LogP contribution in [0.3, 0.4) is 0 Å². The third-order valence-electron chi connectivity index (χ3n) is 3.02. The molecule has 0 aliphatic carbocycles. The summed E-state index contributed by atoms with van der Waals surface area (Å²) >= 11 is 3.63. The van der Waals surface area contributed by atoms with Crippen molar-refractivity contribution in [2.75, 3.05) is 13.2 Å². The second kappa shape index (κ2) is 7.50. The van der Waals surface area contributed by atoms with Crippen molar-refractivity contribution in [2.24, 2.45) is 0 Å². The molecule has 0 spiro atoms. The molecule has 1 unspecified atom stereocenters. The molecule has 0 saturated carbocycles. The Hall–Kier alpha value is -1.26. The molecule has 1 heterocycles. The van der Waals surface area contributed by atoms with Gasteiger partial charge in [0.05, 0.1) is 18.9 Å². The third kappa shape index (κ3) is 3.64. The lowest BCUT2D eigenvalue weighted by molar-refractivity contribution is 0.339. The lowest BCUT2D eigenvalue weighted by Gasteiger charge is -2.19. The number of rotatable bonds is 7. The summed E-state index contributed by atoms with van der Waals surface area (Å²) < 4.78 is 12.1. The minimum Gasteiger partial charge on any atom is -0.494 e. The first-order valence-electron chi connectivity index (χ1n) is 6.95. The van der Waals surface area contributed by atoms with Crippen molar-refractivity contribution in [3.05, 3.63) is 52.4 Å². The van der Waals surface area contributed by atoms with Crippen LogP contribution < -0.4 is 10.1 Å². The highest BCUT2D eigenvalue weighted by Crippen LogP contribution is 2.31. The van der Waals surface area contributed by atoms with Crippen LogP contribution in [0.4, 0.5) is 0 Å². The summed E-state index contributed by atoms with van der Waals surface area (Å²) in [6.07, 6.45) is 2.78.